The summed E-state index contributed by atoms with van der Waals surface area (Å²) < 4.78 is 4.79. The van der Waals surface area contributed by atoms with Crippen molar-refractivity contribution in [3.8, 4) is 0 Å². The molecule has 0 spiro atoms. The Morgan fingerprint density at radius 1 is 1.75 bits per heavy atom. The van der Waals surface area contributed by atoms with Crippen LogP contribution in [0.3, 0.4) is 0 Å². The molecule has 0 bridgehead atoms. The monoisotopic (exact) mass is 155 g/mol. The third-order valence-corrected chi connectivity index (χ3v) is 1.35. The Bertz CT molecular complexity index is 45.0. The van der Waals surface area contributed by atoms with Crippen molar-refractivity contribution in [3.63, 3.8) is 0 Å². The highest BCUT2D eigenvalue weighted by Gasteiger charge is 1.89. The summed E-state index contributed by atoms with van der Waals surface area (Å²) in [6, 6.07) is 0. The summed E-state index contributed by atoms with van der Waals surface area (Å²) in [6.45, 7) is 0.810. The number of ether oxygens (including phenoxy) is 1. The van der Waals surface area contributed by atoms with Gasteiger partial charge >= 0.3 is 0 Å². The van der Waals surface area contributed by atoms with E-state index in [2.05, 4.69) is 0 Å². The van der Waals surface area contributed by atoms with Crippen LogP contribution in [0.15, 0.2) is 0 Å². The van der Waals surface area contributed by atoms with E-state index in [4.69, 9.17) is 10.5 Å². The van der Waals surface area contributed by atoms with Gasteiger partial charge in [0.1, 0.15) is 0 Å². The van der Waals surface area contributed by atoms with Gasteiger partial charge in [-0.2, -0.15) is 0 Å². The molecular formula is C4H14ClNOSi. The van der Waals surface area contributed by atoms with Crippen molar-refractivity contribution < 1.29 is 4.74 Å². The van der Waals surface area contributed by atoms with E-state index in [1.165, 1.54) is 0 Å². The number of nitrogens with two attached hydrogens (primary N) is 1. The summed E-state index contributed by atoms with van der Waals surface area (Å²) in [5.74, 6) is 0. The average Bonchev–Trinajstić information content (AvgIpc) is 1.61. The zero-order valence-electron chi connectivity index (χ0n) is 5.39. The molecule has 0 aromatic carbocycles. The molecule has 0 saturated carbocycles. The minimum absolute atomic E-state index is 0. The molecule has 8 heavy (non-hydrogen) atoms. The number of methoxy groups -OCH3 is 1. The van der Waals surface area contributed by atoms with Gasteiger partial charge in [-0.15, -0.1) is 12.4 Å². The lowest BCUT2D eigenvalue weighted by Gasteiger charge is -2.00. The van der Waals surface area contributed by atoms with Crippen molar-refractivity contribution in [3.05, 3.63) is 0 Å². The van der Waals surface area contributed by atoms with Crippen molar-refractivity contribution in [1.29, 1.82) is 0 Å². The molecule has 4 heteroatoms. The van der Waals surface area contributed by atoms with Crippen LogP contribution in [0.1, 0.15) is 6.42 Å². The summed E-state index contributed by atoms with van der Waals surface area (Å²) in [6.07, 6.45) is 1.02. The number of rotatable bonds is 3. The molecule has 0 amide bonds. The van der Waals surface area contributed by atoms with Gasteiger partial charge in [-0.25, -0.2) is 0 Å². The molecule has 2 N–H and O–H groups in total. The molecule has 0 saturated heterocycles. The fraction of sp³-hybridized carbons (Fsp3) is 1.00. The first-order valence-electron chi connectivity index (χ1n) is 2.52. The van der Waals surface area contributed by atoms with Gasteiger partial charge in [0.05, 0.1) is 0 Å². The van der Waals surface area contributed by atoms with Crippen molar-refractivity contribution >= 4 is 22.6 Å². The van der Waals surface area contributed by atoms with E-state index < -0.39 is 0 Å². The maximum absolute atomic E-state index is 5.46. The van der Waals surface area contributed by atoms with Crippen LogP contribution in [0.2, 0.25) is 0 Å². The van der Waals surface area contributed by atoms with E-state index >= 15 is 0 Å². The predicted molar refractivity (Wildman–Crippen MR) is 41.7 cm³/mol. The standard InChI is InChI=1S/C4H13NOSi.ClH/c1-6-3-2-4(5)7;/h4H,2-3,5H2,1,7H3;1H. The van der Waals surface area contributed by atoms with Gasteiger partial charge in [0.25, 0.3) is 0 Å². The van der Waals surface area contributed by atoms with Crippen LogP contribution in [0.4, 0.5) is 0 Å². The summed E-state index contributed by atoms with van der Waals surface area (Å²) in [4.78, 5) is 0. The van der Waals surface area contributed by atoms with Gasteiger partial charge in [-0.1, -0.05) is 0 Å². The first-order valence-corrected chi connectivity index (χ1v) is 3.67. The third-order valence-electron chi connectivity index (χ3n) is 0.777. The molecule has 0 aliphatic rings. The second-order valence-corrected chi connectivity index (χ2v) is 3.24. The molecule has 0 radical (unpaired) electrons. The molecule has 1 atom stereocenters. The first kappa shape index (κ1) is 11.3. The maximum Gasteiger partial charge on any atom is 0.0473 e. The SMILES string of the molecule is COCCC(N)[SiH3].Cl. The summed E-state index contributed by atoms with van der Waals surface area (Å²) in [5, 5.41) is 0. The molecule has 0 aromatic rings. The van der Waals surface area contributed by atoms with Crippen LogP contribution in [0.25, 0.3) is 0 Å². The third kappa shape index (κ3) is 9.66. The Labute approximate surface area is 59.6 Å². The minimum Gasteiger partial charge on any atom is -0.385 e. The Kier molecular flexibility index (Phi) is 10.4. The second-order valence-electron chi connectivity index (χ2n) is 1.76. The second kappa shape index (κ2) is 7.43. The highest BCUT2D eigenvalue weighted by Crippen LogP contribution is 1.79. The van der Waals surface area contributed by atoms with Gasteiger partial charge in [-0.3, -0.25) is 0 Å². The number of hydrogen-bond donors (Lipinski definition) is 1. The first-order chi connectivity index (χ1) is 3.27. The van der Waals surface area contributed by atoms with Crippen molar-refractivity contribution in [1.82, 2.24) is 0 Å². The van der Waals surface area contributed by atoms with Gasteiger partial charge < -0.3 is 10.5 Å². The summed E-state index contributed by atoms with van der Waals surface area (Å²) in [5.41, 5.74) is 5.88. The lowest BCUT2D eigenvalue weighted by Crippen LogP contribution is -2.21. The van der Waals surface area contributed by atoms with E-state index in [9.17, 15) is 0 Å². The van der Waals surface area contributed by atoms with Crippen LogP contribution < -0.4 is 5.73 Å². The Morgan fingerprint density at radius 3 is 2.38 bits per heavy atom. The summed E-state index contributed by atoms with van der Waals surface area (Å²) in [7, 11) is 2.78. The topological polar surface area (TPSA) is 35.2 Å². The molecule has 0 rings (SSSR count). The molecule has 52 valence electrons. The van der Waals surface area contributed by atoms with Crippen LogP contribution in [-0.2, 0) is 4.74 Å². The van der Waals surface area contributed by atoms with Crippen molar-refractivity contribution in [2.45, 2.75) is 12.1 Å². The fourth-order valence-corrected chi connectivity index (χ4v) is 0.539. The zero-order valence-corrected chi connectivity index (χ0v) is 8.20. The Morgan fingerprint density at radius 2 is 2.25 bits per heavy atom. The fourth-order valence-electron chi connectivity index (χ4n) is 0.304. The van der Waals surface area contributed by atoms with E-state index in [1.807, 2.05) is 0 Å². The van der Waals surface area contributed by atoms with Gasteiger partial charge in [0.15, 0.2) is 0 Å². The average molecular weight is 156 g/mol. The number of hydrogen-bond acceptors (Lipinski definition) is 2. The molecule has 2 nitrogen and oxygen atoms in total. The molecular weight excluding hydrogens is 142 g/mol. The van der Waals surface area contributed by atoms with Crippen LogP contribution in [0.5, 0.6) is 0 Å². The van der Waals surface area contributed by atoms with Crippen LogP contribution >= 0.6 is 12.4 Å². The van der Waals surface area contributed by atoms with Crippen LogP contribution in [0, 0.1) is 0 Å². The van der Waals surface area contributed by atoms with Gasteiger partial charge in [-0.05, 0) is 12.1 Å². The molecule has 0 aliphatic carbocycles. The van der Waals surface area contributed by atoms with Gasteiger partial charge in [0.2, 0.25) is 0 Å². The lowest BCUT2D eigenvalue weighted by molar-refractivity contribution is 0.194. The van der Waals surface area contributed by atoms with Gasteiger partial charge in [0, 0.05) is 24.0 Å². The molecule has 0 aliphatic heterocycles. The van der Waals surface area contributed by atoms with E-state index in [-0.39, 0.29) is 12.4 Å². The smallest absolute Gasteiger partial charge is 0.0473 e. The Balaban J connectivity index is 0. The maximum atomic E-state index is 5.46. The van der Waals surface area contributed by atoms with Crippen molar-refractivity contribution in [2.24, 2.45) is 5.73 Å². The van der Waals surface area contributed by atoms with E-state index in [0.29, 0.717) is 5.67 Å². The van der Waals surface area contributed by atoms with Crippen molar-refractivity contribution in [2.75, 3.05) is 13.7 Å². The molecule has 0 fully saturated rings. The largest absolute Gasteiger partial charge is 0.385 e. The zero-order chi connectivity index (χ0) is 5.70. The highest BCUT2D eigenvalue weighted by molar-refractivity contribution is 6.11. The van der Waals surface area contributed by atoms with Crippen LogP contribution in [-0.4, -0.2) is 29.6 Å². The molecule has 1 unspecified atom stereocenters. The molecule has 0 heterocycles. The minimum atomic E-state index is 0. The quantitative estimate of drug-likeness (QED) is 0.536. The number of halogens is 1. The Hall–Kier alpha value is 0.427. The summed E-state index contributed by atoms with van der Waals surface area (Å²) >= 11 is 0. The van der Waals surface area contributed by atoms with E-state index in [1.54, 1.807) is 7.11 Å². The lowest BCUT2D eigenvalue weighted by atomic mass is 10.5. The highest BCUT2D eigenvalue weighted by atomic mass is 35.5. The van der Waals surface area contributed by atoms with E-state index in [0.717, 1.165) is 23.3 Å². The molecule has 0 aromatic heterocycles. The predicted octanol–water partition coefficient (Wildman–Crippen LogP) is -0.905. The normalized spacial score (nSPS) is 12.8.